The summed E-state index contributed by atoms with van der Waals surface area (Å²) in [7, 11) is 0. The molecule has 2 heterocycles. The van der Waals surface area contributed by atoms with Crippen molar-refractivity contribution < 1.29 is 14.3 Å². The molecule has 0 saturated carbocycles. The first kappa shape index (κ1) is 19.7. The van der Waals surface area contributed by atoms with Crippen molar-refractivity contribution in [2.45, 2.75) is 51.6 Å². The van der Waals surface area contributed by atoms with Crippen molar-refractivity contribution in [3.63, 3.8) is 0 Å². The lowest BCUT2D eigenvalue weighted by Gasteiger charge is -2.12. The number of ether oxygens (including phenoxy) is 1. The average molecular weight is 382 g/mol. The second kappa shape index (κ2) is 9.15. The minimum Gasteiger partial charge on any atom is -0.455 e. The maximum Gasteiger partial charge on any atom is 0.316 e. The van der Waals surface area contributed by atoms with Crippen LogP contribution >= 0.6 is 23.1 Å². The van der Waals surface area contributed by atoms with Crippen molar-refractivity contribution in [1.82, 2.24) is 15.3 Å². The molecule has 1 N–H and O–H groups in total. The van der Waals surface area contributed by atoms with Gasteiger partial charge in [0.05, 0.1) is 5.75 Å². The average Bonchev–Trinajstić information content (AvgIpc) is 2.86. The van der Waals surface area contributed by atoms with E-state index in [9.17, 15) is 9.59 Å². The fraction of sp³-hybridized carbons (Fsp3) is 0.529. The van der Waals surface area contributed by atoms with Gasteiger partial charge < -0.3 is 10.1 Å². The van der Waals surface area contributed by atoms with Crippen molar-refractivity contribution in [1.29, 1.82) is 0 Å². The van der Waals surface area contributed by atoms with Gasteiger partial charge in [0.2, 0.25) is 0 Å². The van der Waals surface area contributed by atoms with E-state index in [2.05, 4.69) is 22.2 Å². The Labute approximate surface area is 155 Å². The van der Waals surface area contributed by atoms with Crippen LogP contribution in [0, 0.1) is 13.8 Å². The molecule has 0 radical (unpaired) electrons. The summed E-state index contributed by atoms with van der Waals surface area (Å²) in [4.78, 5) is 34.3. The summed E-state index contributed by atoms with van der Waals surface area (Å²) in [6.07, 6.45) is 3.40. The molecule has 0 saturated heterocycles. The van der Waals surface area contributed by atoms with Gasteiger partial charge in [0, 0.05) is 16.3 Å². The normalized spacial score (nSPS) is 12.2. The molecule has 8 heteroatoms. The molecule has 1 atom stereocenters. The molecule has 0 aromatic carbocycles. The number of nitrogens with zero attached hydrogens (tertiary/aromatic N) is 2. The number of rotatable bonds is 8. The highest BCUT2D eigenvalue weighted by Crippen LogP contribution is 2.34. The molecule has 0 fully saturated rings. The monoisotopic (exact) mass is 381 g/mol. The van der Waals surface area contributed by atoms with Crippen molar-refractivity contribution in [3.8, 4) is 0 Å². The number of esters is 1. The molecule has 0 bridgehead atoms. The van der Waals surface area contributed by atoms with Crippen molar-refractivity contribution >= 4 is 45.2 Å². The summed E-state index contributed by atoms with van der Waals surface area (Å²) in [6.45, 7) is 7.82. The van der Waals surface area contributed by atoms with Crippen LogP contribution in [0.5, 0.6) is 0 Å². The van der Waals surface area contributed by atoms with E-state index in [0.29, 0.717) is 0 Å². The number of aromatic nitrogens is 2. The summed E-state index contributed by atoms with van der Waals surface area (Å²) in [5.41, 5.74) is 1.14. The minimum atomic E-state index is -0.431. The number of thioether (sulfide) groups is 1. The molecule has 0 spiro atoms. The van der Waals surface area contributed by atoms with Crippen LogP contribution in [0.25, 0.3) is 10.2 Å². The van der Waals surface area contributed by atoms with Gasteiger partial charge in [-0.15, -0.1) is 11.3 Å². The zero-order valence-corrected chi connectivity index (χ0v) is 16.6. The van der Waals surface area contributed by atoms with Gasteiger partial charge in [-0.1, -0.05) is 25.1 Å². The van der Waals surface area contributed by atoms with E-state index in [1.54, 1.807) is 11.3 Å². The Morgan fingerprint density at radius 1 is 1.36 bits per heavy atom. The molecular formula is C17H23N3O3S2. The molecule has 0 aliphatic carbocycles. The van der Waals surface area contributed by atoms with Crippen molar-refractivity contribution in [2.75, 3.05) is 12.4 Å². The number of carbonyl (C=O) groups is 2. The minimum absolute atomic E-state index is 0.0877. The number of aryl methyl sites for hydroxylation is 2. The van der Waals surface area contributed by atoms with Crippen molar-refractivity contribution in [3.05, 3.63) is 16.8 Å². The second-order valence-electron chi connectivity index (χ2n) is 5.85. The van der Waals surface area contributed by atoms with E-state index < -0.39 is 5.97 Å². The third-order valence-electron chi connectivity index (χ3n) is 3.75. The fourth-order valence-corrected chi connectivity index (χ4v) is 4.31. The van der Waals surface area contributed by atoms with Crippen LogP contribution in [0.1, 0.15) is 37.1 Å². The fourth-order valence-electron chi connectivity index (χ4n) is 2.40. The standard InChI is InChI=1S/C17H23N3O3S2/c1-5-6-10(2)20-13(21)7-23-14(22)8-24-16-15-11(3)12(4)25-17(15)19-9-18-16/h9-10H,5-8H2,1-4H3,(H,20,21)/t10-/m1/s1. The van der Waals surface area contributed by atoms with Gasteiger partial charge in [-0.25, -0.2) is 9.97 Å². The Bertz CT molecular complexity index is 761. The molecule has 0 aliphatic heterocycles. The highest BCUT2D eigenvalue weighted by molar-refractivity contribution is 8.00. The van der Waals surface area contributed by atoms with E-state index in [0.717, 1.165) is 33.6 Å². The van der Waals surface area contributed by atoms with Gasteiger partial charge in [0.25, 0.3) is 5.91 Å². The molecule has 2 aromatic rings. The summed E-state index contributed by atoms with van der Waals surface area (Å²) in [6, 6.07) is 0.0877. The zero-order chi connectivity index (χ0) is 18.4. The topological polar surface area (TPSA) is 81.2 Å². The second-order valence-corrected chi connectivity index (χ2v) is 8.02. The van der Waals surface area contributed by atoms with Crippen LogP contribution in [0.2, 0.25) is 0 Å². The van der Waals surface area contributed by atoms with Crippen LogP contribution in [-0.2, 0) is 14.3 Å². The summed E-state index contributed by atoms with van der Waals surface area (Å²) in [5, 5.41) is 4.56. The highest BCUT2D eigenvalue weighted by Gasteiger charge is 2.15. The predicted octanol–water partition coefficient (Wildman–Crippen LogP) is 3.25. The highest BCUT2D eigenvalue weighted by atomic mass is 32.2. The molecule has 6 nitrogen and oxygen atoms in total. The SMILES string of the molecule is CCC[C@@H](C)NC(=O)COC(=O)CSc1ncnc2sc(C)c(C)c12. The largest absolute Gasteiger partial charge is 0.455 e. The van der Waals surface area contributed by atoms with E-state index in [-0.39, 0.29) is 24.3 Å². The lowest BCUT2D eigenvalue weighted by atomic mass is 10.2. The number of nitrogens with one attached hydrogen (secondary N) is 1. The molecule has 136 valence electrons. The summed E-state index contributed by atoms with van der Waals surface area (Å²) < 4.78 is 5.04. The number of fused-ring (bicyclic) bond motifs is 1. The zero-order valence-electron chi connectivity index (χ0n) is 14.9. The van der Waals surface area contributed by atoms with E-state index in [4.69, 9.17) is 4.74 Å². The number of carbonyl (C=O) groups excluding carboxylic acids is 2. The molecule has 25 heavy (non-hydrogen) atoms. The Hall–Kier alpha value is -1.67. The van der Waals surface area contributed by atoms with Crippen LogP contribution in [0.3, 0.4) is 0 Å². The van der Waals surface area contributed by atoms with E-state index in [1.807, 2.05) is 20.8 Å². The Morgan fingerprint density at radius 3 is 2.84 bits per heavy atom. The van der Waals surface area contributed by atoms with Gasteiger partial charge >= 0.3 is 5.97 Å². The lowest BCUT2D eigenvalue weighted by Crippen LogP contribution is -2.35. The van der Waals surface area contributed by atoms with Gasteiger partial charge in [0.1, 0.15) is 16.2 Å². The van der Waals surface area contributed by atoms with Gasteiger partial charge in [0.15, 0.2) is 6.61 Å². The number of hydrogen-bond acceptors (Lipinski definition) is 7. The van der Waals surface area contributed by atoms with Gasteiger partial charge in [-0.05, 0) is 32.8 Å². The van der Waals surface area contributed by atoms with E-state index >= 15 is 0 Å². The number of amides is 1. The maximum atomic E-state index is 11.9. The number of thiophene rings is 1. The van der Waals surface area contributed by atoms with Gasteiger partial charge in [-0.3, -0.25) is 9.59 Å². The molecular weight excluding hydrogens is 358 g/mol. The maximum absolute atomic E-state index is 11.9. The first-order valence-corrected chi connectivity index (χ1v) is 10.0. The van der Waals surface area contributed by atoms with Crippen LogP contribution in [-0.4, -0.2) is 40.2 Å². The van der Waals surface area contributed by atoms with Crippen LogP contribution in [0.15, 0.2) is 11.4 Å². The van der Waals surface area contributed by atoms with Crippen LogP contribution in [0.4, 0.5) is 0 Å². The molecule has 0 aliphatic rings. The Balaban J connectivity index is 1.85. The van der Waals surface area contributed by atoms with Crippen LogP contribution < -0.4 is 5.32 Å². The molecule has 2 rings (SSSR count). The first-order valence-electron chi connectivity index (χ1n) is 8.20. The first-order chi connectivity index (χ1) is 11.9. The predicted molar refractivity (Wildman–Crippen MR) is 101 cm³/mol. The van der Waals surface area contributed by atoms with Gasteiger partial charge in [-0.2, -0.15) is 0 Å². The smallest absolute Gasteiger partial charge is 0.316 e. The Morgan fingerprint density at radius 2 is 2.12 bits per heavy atom. The quantitative estimate of drug-likeness (QED) is 0.429. The summed E-state index contributed by atoms with van der Waals surface area (Å²) in [5.74, 6) is -0.592. The summed E-state index contributed by atoms with van der Waals surface area (Å²) >= 11 is 2.93. The number of hydrogen-bond donors (Lipinski definition) is 1. The Kier molecular flexibility index (Phi) is 7.19. The van der Waals surface area contributed by atoms with Crippen molar-refractivity contribution in [2.24, 2.45) is 0 Å². The van der Waals surface area contributed by atoms with E-state index in [1.165, 1.54) is 23.0 Å². The molecule has 0 unspecified atom stereocenters. The third kappa shape index (κ3) is 5.40. The lowest BCUT2D eigenvalue weighted by molar-refractivity contribution is -0.146. The molecule has 2 aromatic heterocycles. The molecule has 1 amide bonds. The third-order valence-corrected chi connectivity index (χ3v) is 5.83.